The van der Waals surface area contributed by atoms with Gasteiger partial charge in [-0.15, -0.1) is 0 Å². The Balaban J connectivity index is 1.84. The van der Waals surface area contributed by atoms with Gasteiger partial charge in [0, 0.05) is 18.3 Å². The second-order valence-electron chi connectivity index (χ2n) is 6.20. The lowest BCUT2D eigenvalue weighted by molar-refractivity contribution is 0.435. The summed E-state index contributed by atoms with van der Waals surface area (Å²) < 4.78 is 2.27. The largest absolute Gasteiger partial charge is 0.323 e. The van der Waals surface area contributed by atoms with Crippen molar-refractivity contribution in [2.45, 2.75) is 25.3 Å². The third-order valence-corrected chi connectivity index (χ3v) is 5.31. The Hall–Kier alpha value is -1.62. The summed E-state index contributed by atoms with van der Waals surface area (Å²) in [5.74, 6) is 1.57. The molecule has 6 heteroatoms. The Morgan fingerprint density at radius 1 is 1.17 bits per heavy atom. The summed E-state index contributed by atoms with van der Waals surface area (Å²) in [6.45, 7) is 2.80. The second-order valence-corrected chi connectivity index (χ2v) is 7.01. The van der Waals surface area contributed by atoms with Gasteiger partial charge in [-0.3, -0.25) is 4.98 Å². The fraction of sp³-hybridized carbons (Fsp3) is 0.333. The van der Waals surface area contributed by atoms with Crippen LogP contribution in [0.2, 0.25) is 10.0 Å². The van der Waals surface area contributed by atoms with Crippen molar-refractivity contribution in [3.05, 3.63) is 58.1 Å². The Kier molecular flexibility index (Phi) is 4.44. The van der Waals surface area contributed by atoms with E-state index in [0.29, 0.717) is 16.0 Å². The van der Waals surface area contributed by atoms with Crippen molar-refractivity contribution in [1.82, 2.24) is 19.9 Å². The van der Waals surface area contributed by atoms with E-state index in [2.05, 4.69) is 20.9 Å². The number of piperidine rings is 1. The van der Waals surface area contributed by atoms with E-state index in [1.165, 1.54) is 0 Å². The molecule has 4 nitrogen and oxygen atoms in total. The lowest BCUT2D eigenvalue weighted by atomic mass is 9.97. The van der Waals surface area contributed by atoms with E-state index in [1.807, 2.05) is 24.4 Å². The molecule has 3 heterocycles. The number of hydrogen-bond donors (Lipinski definition) is 1. The number of pyridine rings is 1. The maximum Gasteiger partial charge on any atom is 0.113 e. The highest BCUT2D eigenvalue weighted by Crippen LogP contribution is 2.33. The smallest absolute Gasteiger partial charge is 0.113 e. The maximum atomic E-state index is 6.26. The monoisotopic (exact) mass is 360 g/mol. The van der Waals surface area contributed by atoms with E-state index in [9.17, 15) is 0 Å². The molecule has 0 saturated carbocycles. The van der Waals surface area contributed by atoms with Gasteiger partial charge in [0.15, 0.2) is 0 Å². The van der Waals surface area contributed by atoms with Crippen LogP contribution in [0.15, 0.2) is 36.7 Å². The van der Waals surface area contributed by atoms with E-state index in [4.69, 9.17) is 28.2 Å². The van der Waals surface area contributed by atoms with E-state index in [0.717, 1.165) is 54.9 Å². The summed E-state index contributed by atoms with van der Waals surface area (Å²) in [5, 5.41) is 4.53. The number of benzene rings is 1. The normalized spacial score (nSPS) is 15.9. The molecule has 1 N–H and O–H groups in total. The quantitative estimate of drug-likeness (QED) is 0.758. The minimum atomic E-state index is 0.452. The van der Waals surface area contributed by atoms with Gasteiger partial charge >= 0.3 is 0 Å². The van der Waals surface area contributed by atoms with Gasteiger partial charge in [-0.05, 0) is 49.7 Å². The minimum absolute atomic E-state index is 0.452. The molecular formula is C18H18Cl2N4. The van der Waals surface area contributed by atoms with Crippen molar-refractivity contribution in [1.29, 1.82) is 0 Å². The first-order valence-corrected chi connectivity index (χ1v) is 8.93. The molecule has 1 aliphatic heterocycles. The van der Waals surface area contributed by atoms with Gasteiger partial charge < -0.3 is 9.88 Å². The number of halogens is 2. The van der Waals surface area contributed by atoms with Crippen LogP contribution in [-0.2, 0) is 6.54 Å². The van der Waals surface area contributed by atoms with Gasteiger partial charge in [0.1, 0.15) is 5.82 Å². The van der Waals surface area contributed by atoms with Crippen LogP contribution < -0.4 is 5.32 Å². The molecule has 0 radical (unpaired) electrons. The first-order chi connectivity index (χ1) is 11.7. The van der Waals surface area contributed by atoms with Crippen molar-refractivity contribution in [2.24, 2.45) is 0 Å². The van der Waals surface area contributed by atoms with Crippen molar-refractivity contribution in [3.8, 4) is 0 Å². The predicted octanol–water partition coefficient (Wildman–Crippen LogP) is 4.25. The molecule has 1 aliphatic rings. The summed E-state index contributed by atoms with van der Waals surface area (Å²) in [7, 11) is 0. The minimum Gasteiger partial charge on any atom is -0.323 e. The summed E-state index contributed by atoms with van der Waals surface area (Å²) >= 11 is 12.5. The summed E-state index contributed by atoms with van der Waals surface area (Å²) in [6, 6.07) is 7.84. The van der Waals surface area contributed by atoms with Crippen molar-refractivity contribution in [2.75, 3.05) is 13.1 Å². The van der Waals surface area contributed by atoms with E-state index in [-0.39, 0.29) is 0 Å². The third-order valence-electron chi connectivity index (χ3n) is 4.59. The first-order valence-electron chi connectivity index (χ1n) is 8.17. The van der Waals surface area contributed by atoms with E-state index >= 15 is 0 Å². The predicted molar refractivity (Wildman–Crippen MR) is 97.9 cm³/mol. The van der Waals surface area contributed by atoms with Gasteiger partial charge in [-0.2, -0.15) is 0 Å². The zero-order chi connectivity index (χ0) is 16.5. The highest BCUT2D eigenvalue weighted by molar-refractivity contribution is 6.42. The number of rotatable bonds is 3. The standard InChI is InChI=1S/C18H18Cl2N4/c19-14-8-16-17(9-15(14)20)24(11-12-2-1-5-22-10-12)18(23-16)13-3-6-21-7-4-13/h1-2,5,8-10,13,21H,3-4,6-7,11H2. The molecule has 2 aromatic heterocycles. The molecule has 0 aliphatic carbocycles. The molecule has 1 aromatic carbocycles. The number of nitrogens with zero attached hydrogens (tertiary/aromatic N) is 3. The fourth-order valence-corrected chi connectivity index (χ4v) is 3.69. The molecule has 24 heavy (non-hydrogen) atoms. The molecule has 0 unspecified atom stereocenters. The van der Waals surface area contributed by atoms with Crippen molar-refractivity contribution >= 4 is 34.2 Å². The van der Waals surface area contributed by atoms with Crippen molar-refractivity contribution < 1.29 is 0 Å². The summed E-state index contributed by atoms with van der Waals surface area (Å²) in [6.07, 6.45) is 5.88. The highest BCUT2D eigenvalue weighted by Gasteiger charge is 2.23. The van der Waals surface area contributed by atoms with E-state index in [1.54, 1.807) is 6.20 Å². The third kappa shape index (κ3) is 3.02. The topological polar surface area (TPSA) is 42.7 Å². The zero-order valence-electron chi connectivity index (χ0n) is 13.2. The highest BCUT2D eigenvalue weighted by atomic mass is 35.5. The molecular weight excluding hydrogens is 343 g/mol. The second kappa shape index (κ2) is 6.71. The molecule has 1 fully saturated rings. The molecule has 4 rings (SSSR count). The number of nitrogens with one attached hydrogen (secondary N) is 1. The average Bonchev–Trinajstić information content (AvgIpc) is 2.95. The Morgan fingerprint density at radius 2 is 1.96 bits per heavy atom. The fourth-order valence-electron chi connectivity index (χ4n) is 3.37. The summed E-state index contributed by atoms with van der Waals surface area (Å²) in [5.41, 5.74) is 3.08. The Morgan fingerprint density at radius 3 is 2.71 bits per heavy atom. The molecule has 0 atom stereocenters. The molecule has 0 bridgehead atoms. The number of imidazole rings is 1. The van der Waals surface area contributed by atoms with Gasteiger partial charge in [0.05, 0.1) is 27.6 Å². The van der Waals surface area contributed by atoms with Gasteiger partial charge in [-0.25, -0.2) is 4.98 Å². The van der Waals surface area contributed by atoms with Crippen molar-refractivity contribution in [3.63, 3.8) is 0 Å². The van der Waals surface area contributed by atoms with Crippen LogP contribution in [0.1, 0.15) is 30.1 Å². The van der Waals surface area contributed by atoms with Crippen LogP contribution in [0.4, 0.5) is 0 Å². The van der Waals surface area contributed by atoms with Gasteiger partial charge in [0.25, 0.3) is 0 Å². The SMILES string of the molecule is Clc1cc2nc(C3CCNCC3)n(Cc3cccnc3)c2cc1Cl. The maximum absolute atomic E-state index is 6.26. The molecule has 124 valence electrons. The van der Waals surface area contributed by atoms with Crippen LogP contribution >= 0.6 is 23.2 Å². The zero-order valence-corrected chi connectivity index (χ0v) is 14.7. The van der Waals surface area contributed by atoms with Crippen LogP contribution in [0.3, 0.4) is 0 Å². The number of hydrogen-bond acceptors (Lipinski definition) is 3. The first kappa shape index (κ1) is 15.9. The average molecular weight is 361 g/mol. The Labute approximate surface area is 150 Å². The van der Waals surface area contributed by atoms with Crippen LogP contribution in [0.25, 0.3) is 11.0 Å². The van der Waals surface area contributed by atoms with Gasteiger partial charge in [-0.1, -0.05) is 29.3 Å². The van der Waals surface area contributed by atoms with Crippen LogP contribution in [0.5, 0.6) is 0 Å². The lowest BCUT2D eigenvalue weighted by Crippen LogP contribution is -2.28. The Bertz CT molecular complexity index is 854. The summed E-state index contributed by atoms with van der Waals surface area (Å²) in [4.78, 5) is 9.13. The molecule has 3 aromatic rings. The van der Waals surface area contributed by atoms with Crippen LogP contribution in [-0.4, -0.2) is 27.6 Å². The molecule has 0 amide bonds. The van der Waals surface area contributed by atoms with Gasteiger partial charge in [0.2, 0.25) is 0 Å². The number of fused-ring (bicyclic) bond motifs is 1. The molecule has 0 spiro atoms. The molecule has 1 saturated heterocycles. The lowest BCUT2D eigenvalue weighted by Gasteiger charge is -2.23. The van der Waals surface area contributed by atoms with E-state index < -0.39 is 0 Å². The number of aromatic nitrogens is 3. The van der Waals surface area contributed by atoms with Crippen LogP contribution in [0, 0.1) is 0 Å².